The lowest BCUT2D eigenvalue weighted by Crippen LogP contribution is -2.29. The van der Waals surface area contributed by atoms with E-state index in [9.17, 15) is 4.39 Å². The van der Waals surface area contributed by atoms with Crippen LogP contribution >= 0.6 is 11.6 Å². The molecule has 17 heavy (non-hydrogen) atoms. The van der Waals surface area contributed by atoms with Crippen LogP contribution in [0.15, 0.2) is 6.33 Å². The van der Waals surface area contributed by atoms with E-state index in [2.05, 4.69) is 16.9 Å². The fraction of sp³-hybridized carbons (Fsp3) is 0.667. The van der Waals surface area contributed by atoms with E-state index in [0.717, 1.165) is 19.4 Å². The van der Waals surface area contributed by atoms with Crippen molar-refractivity contribution in [2.75, 3.05) is 23.9 Å². The van der Waals surface area contributed by atoms with Crippen LogP contribution in [0.4, 0.5) is 10.2 Å². The topological polar surface area (TPSA) is 29.0 Å². The number of halogens is 2. The number of aryl methyl sites for hydroxylation is 1. The Balaban J connectivity index is 2.92. The molecule has 0 bridgehead atoms. The zero-order chi connectivity index (χ0) is 12.7. The van der Waals surface area contributed by atoms with Gasteiger partial charge in [0, 0.05) is 19.0 Å². The second-order valence-corrected chi connectivity index (χ2v) is 4.22. The molecule has 0 aliphatic rings. The van der Waals surface area contributed by atoms with Gasteiger partial charge in [-0.2, -0.15) is 0 Å². The van der Waals surface area contributed by atoms with Gasteiger partial charge in [-0.15, -0.1) is 11.6 Å². The smallest absolute Gasteiger partial charge is 0.187 e. The molecule has 0 radical (unpaired) electrons. The maximum absolute atomic E-state index is 14.1. The van der Waals surface area contributed by atoms with Gasteiger partial charge in [-0.1, -0.05) is 20.3 Å². The van der Waals surface area contributed by atoms with Crippen LogP contribution in [0.3, 0.4) is 0 Å². The molecule has 3 nitrogen and oxygen atoms in total. The van der Waals surface area contributed by atoms with Crippen molar-refractivity contribution in [2.45, 2.75) is 33.1 Å². The van der Waals surface area contributed by atoms with Crippen molar-refractivity contribution >= 4 is 17.4 Å². The minimum atomic E-state index is -0.309. The fourth-order valence-corrected chi connectivity index (χ4v) is 1.84. The van der Waals surface area contributed by atoms with E-state index in [1.165, 1.54) is 6.33 Å². The molecule has 0 aliphatic carbocycles. The lowest BCUT2D eigenvalue weighted by Gasteiger charge is -2.23. The van der Waals surface area contributed by atoms with Crippen molar-refractivity contribution in [3.8, 4) is 0 Å². The first kappa shape index (κ1) is 14.2. The predicted molar refractivity (Wildman–Crippen MR) is 69.2 cm³/mol. The summed E-state index contributed by atoms with van der Waals surface area (Å²) in [5.41, 5.74) is 0.464. The van der Waals surface area contributed by atoms with Gasteiger partial charge in [0.2, 0.25) is 0 Å². The summed E-state index contributed by atoms with van der Waals surface area (Å²) in [7, 11) is 0. The summed E-state index contributed by atoms with van der Waals surface area (Å²) in [4.78, 5) is 9.87. The lowest BCUT2D eigenvalue weighted by atomic mass is 10.2. The molecule has 0 amide bonds. The maximum Gasteiger partial charge on any atom is 0.187 e. The van der Waals surface area contributed by atoms with Crippen molar-refractivity contribution in [2.24, 2.45) is 0 Å². The standard InChI is InChI=1S/C12H19ClFN3/c1-3-5-7-17(8-6-13)12-11(14)10(4-2)15-9-16-12/h9H,3-8H2,1-2H3. The normalized spacial score (nSPS) is 10.6. The van der Waals surface area contributed by atoms with Crippen LogP contribution in [0.2, 0.25) is 0 Å². The van der Waals surface area contributed by atoms with E-state index in [-0.39, 0.29) is 5.82 Å². The quantitative estimate of drug-likeness (QED) is 0.705. The van der Waals surface area contributed by atoms with Gasteiger partial charge in [-0.05, 0) is 12.8 Å². The van der Waals surface area contributed by atoms with Crippen LogP contribution in [-0.2, 0) is 6.42 Å². The van der Waals surface area contributed by atoms with E-state index >= 15 is 0 Å². The van der Waals surface area contributed by atoms with Gasteiger partial charge in [0.05, 0.1) is 5.69 Å². The number of rotatable bonds is 7. The highest BCUT2D eigenvalue weighted by atomic mass is 35.5. The molecule has 1 aromatic rings. The Morgan fingerprint density at radius 1 is 1.29 bits per heavy atom. The molecule has 0 unspecified atom stereocenters. The zero-order valence-electron chi connectivity index (χ0n) is 10.4. The van der Waals surface area contributed by atoms with Gasteiger partial charge in [0.1, 0.15) is 6.33 Å². The molecule has 0 aromatic carbocycles. The Morgan fingerprint density at radius 3 is 2.65 bits per heavy atom. The molecule has 0 atom stereocenters. The first-order valence-electron chi connectivity index (χ1n) is 6.04. The number of anilines is 1. The summed E-state index contributed by atoms with van der Waals surface area (Å²) in [6, 6.07) is 0. The van der Waals surface area contributed by atoms with Crippen LogP contribution < -0.4 is 4.90 Å². The van der Waals surface area contributed by atoms with Crippen LogP contribution in [0.25, 0.3) is 0 Å². The Bertz CT molecular complexity index is 347. The van der Waals surface area contributed by atoms with Crippen molar-refractivity contribution in [3.05, 3.63) is 17.8 Å². The summed E-state index contributed by atoms with van der Waals surface area (Å²) in [6.45, 7) is 5.37. The van der Waals surface area contributed by atoms with Crippen molar-refractivity contribution in [1.29, 1.82) is 0 Å². The van der Waals surface area contributed by atoms with E-state index in [1.807, 2.05) is 11.8 Å². The monoisotopic (exact) mass is 259 g/mol. The Morgan fingerprint density at radius 2 is 2.06 bits per heavy atom. The molecule has 0 saturated heterocycles. The number of hydrogen-bond donors (Lipinski definition) is 0. The molecule has 0 aliphatic heterocycles. The predicted octanol–water partition coefficient (Wildman–Crippen LogP) is 3.02. The Kier molecular flexibility index (Phi) is 6.19. The highest BCUT2D eigenvalue weighted by molar-refractivity contribution is 6.18. The van der Waals surface area contributed by atoms with Gasteiger partial charge in [-0.25, -0.2) is 14.4 Å². The lowest BCUT2D eigenvalue weighted by molar-refractivity contribution is 0.581. The first-order valence-corrected chi connectivity index (χ1v) is 6.58. The minimum absolute atomic E-state index is 0.309. The van der Waals surface area contributed by atoms with Crippen LogP contribution in [0, 0.1) is 5.82 Å². The summed E-state index contributed by atoms with van der Waals surface area (Å²) in [5, 5.41) is 0. The average Bonchev–Trinajstić information content (AvgIpc) is 2.35. The van der Waals surface area contributed by atoms with E-state index in [4.69, 9.17) is 11.6 Å². The molecule has 0 N–H and O–H groups in total. The number of hydrogen-bond acceptors (Lipinski definition) is 3. The highest BCUT2D eigenvalue weighted by Crippen LogP contribution is 2.18. The van der Waals surface area contributed by atoms with Crippen LogP contribution in [-0.4, -0.2) is 28.9 Å². The number of nitrogens with zero attached hydrogens (tertiary/aromatic N) is 3. The van der Waals surface area contributed by atoms with Gasteiger partial charge in [-0.3, -0.25) is 0 Å². The third-order valence-corrected chi connectivity index (χ3v) is 2.78. The molecule has 1 heterocycles. The SMILES string of the molecule is CCCCN(CCCl)c1ncnc(CC)c1F. The van der Waals surface area contributed by atoms with E-state index < -0.39 is 0 Å². The second-order valence-electron chi connectivity index (χ2n) is 3.84. The average molecular weight is 260 g/mol. The second kappa shape index (κ2) is 7.43. The van der Waals surface area contributed by atoms with Gasteiger partial charge >= 0.3 is 0 Å². The summed E-state index contributed by atoms with van der Waals surface area (Å²) in [6.07, 6.45) is 4.06. The van der Waals surface area contributed by atoms with Crippen LogP contribution in [0.1, 0.15) is 32.4 Å². The molecule has 1 aromatic heterocycles. The largest absolute Gasteiger partial charge is 0.353 e. The van der Waals surface area contributed by atoms with E-state index in [0.29, 0.717) is 30.4 Å². The molecular weight excluding hydrogens is 241 g/mol. The molecule has 1 rings (SSSR count). The number of unbranched alkanes of at least 4 members (excludes halogenated alkanes) is 1. The Hall–Kier alpha value is -0.900. The third-order valence-electron chi connectivity index (χ3n) is 2.61. The van der Waals surface area contributed by atoms with Crippen molar-refractivity contribution in [3.63, 3.8) is 0 Å². The molecule has 0 saturated carbocycles. The maximum atomic E-state index is 14.1. The summed E-state index contributed by atoms with van der Waals surface area (Å²) in [5.74, 6) is 0.538. The highest BCUT2D eigenvalue weighted by Gasteiger charge is 2.15. The fourth-order valence-electron chi connectivity index (χ4n) is 1.64. The number of alkyl halides is 1. The molecule has 5 heteroatoms. The molecular formula is C12H19ClFN3. The van der Waals surface area contributed by atoms with Gasteiger partial charge < -0.3 is 4.90 Å². The summed E-state index contributed by atoms with van der Waals surface area (Å²) < 4.78 is 14.1. The molecule has 0 fully saturated rings. The van der Waals surface area contributed by atoms with E-state index in [1.54, 1.807) is 0 Å². The third kappa shape index (κ3) is 3.80. The van der Waals surface area contributed by atoms with Crippen LogP contribution in [0.5, 0.6) is 0 Å². The summed E-state index contributed by atoms with van der Waals surface area (Å²) >= 11 is 5.74. The van der Waals surface area contributed by atoms with Gasteiger partial charge in [0.25, 0.3) is 0 Å². The van der Waals surface area contributed by atoms with Crippen molar-refractivity contribution < 1.29 is 4.39 Å². The van der Waals surface area contributed by atoms with Crippen molar-refractivity contribution in [1.82, 2.24) is 9.97 Å². The molecule has 0 spiro atoms. The number of aromatic nitrogens is 2. The minimum Gasteiger partial charge on any atom is -0.353 e. The first-order chi connectivity index (χ1) is 8.24. The molecule has 96 valence electrons. The zero-order valence-corrected chi connectivity index (χ0v) is 11.2. The Labute approximate surface area is 107 Å². The van der Waals surface area contributed by atoms with Gasteiger partial charge in [0.15, 0.2) is 11.6 Å².